The Kier molecular flexibility index (Phi) is 48.4. The quantitative estimate of drug-likeness (QED) is 0.0199. The molecule has 0 N–H and O–H groups in total. The second kappa shape index (κ2) is 50.8. The maximum Gasteiger partial charge on any atom is 0.306 e. The molecule has 358 valence electrons. The van der Waals surface area contributed by atoms with Gasteiger partial charge in [0.2, 0.25) is 0 Å². The average molecular weight is 867 g/mol. The summed E-state index contributed by atoms with van der Waals surface area (Å²) >= 11 is 0. The van der Waals surface area contributed by atoms with Crippen molar-refractivity contribution in [3.05, 3.63) is 60.8 Å². The van der Waals surface area contributed by atoms with Crippen molar-refractivity contribution >= 4 is 17.9 Å². The number of hydrogen-bond donors (Lipinski definition) is 0. The molecule has 1 atom stereocenters. The standard InChI is InChI=1S/C56H98O6/c1-4-7-10-13-16-19-22-24-26-28-30-31-34-37-40-43-46-49-55(58)61-52-53(51-60-54(57)48-45-42-39-36-33-21-18-15-12-9-6-3)62-56(59)50-47-44-41-38-35-32-29-27-25-23-20-17-14-11-8-5-2/h15-16,18-19,21,24,26-27,29,33,53H,4-14,17,20,22-23,25,28,30-32,34-52H2,1-3H3/b18-15-,19-16-,26-24-,29-27-,33-21-. The smallest absolute Gasteiger partial charge is 0.306 e. The van der Waals surface area contributed by atoms with Gasteiger partial charge >= 0.3 is 17.9 Å². The molecule has 0 saturated carbocycles. The van der Waals surface area contributed by atoms with Gasteiger partial charge in [-0.25, -0.2) is 0 Å². The minimum atomic E-state index is -0.791. The normalized spacial score (nSPS) is 12.5. The van der Waals surface area contributed by atoms with Gasteiger partial charge < -0.3 is 14.2 Å². The van der Waals surface area contributed by atoms with E-state index in [1.807, 2.05) is 0 Å². The van der Waals surface area contributed by atoms with E-state index in [0.29, 0.717) is 19.3 Å². The van der Waals surface area contributed by atoms with Crippen LogP contribution >= 0.6 is 0 Å². The summed E-state index contributed by atoms with van der Waals surface area (Å²) in [6.07, 6.45) is 62.0. The first-order valence-corrected chi connectivity index (χ1v) is 26.3. The van der Waals surface area contributed by atoms with E-state index in [1.54, 1.807) is 0 Å². The van der Waals surface area contributed by atoms with Crippen LogP contribution in [0.2, 0.25) is 0 Å². The first-order chi connectivity index (χ1) is 30.5. The van der Waals surface area contributed by atoms with Crippen LogP contribution in [0, 0.1) is 0 Å². The third-order valence-electron chi connectivity index (χ3n) is 11.2. The van der Waals surface area contributed by atoms with Crippen molar-refractivity contribution in [1.29, 1.82) is 0 Å². The molecule has 6 heteroatoms. The summed E-state index contributed by atoms with van der Waals surface area (Å²) in [5.41, 5.74) is 0. The molecule has 0 aliphatic rings. The zero-order valence-electron chi connectivity index (χ0n) is 40.9. The minimum Gasteiger partial charge on any atom is -0.462 e. The van der Waals surface area contributed by atoms with Gasteiger partial charge in [-0.05, 0) is 96.3 Å². The molecule has 0 amide bonds. The Bertz CT molecular complexity index is 1130. The van der Waals surface area contributed by atoms with Crippen LogP contribution in [0.5, 0.6) is 0 Å². The topological polar surface area (TPSA) is 78.9 Å². The monoisotopic (exact) mass is 867 g/mol. The largest absolute Gasteiger partial charge is 0.462 e. The number of carbonyl (C=O) groups excluding carboxylic acids is 3. The van der Waals surface area contributed by atoms with Gasteiger partial charge in [0.1, 0.15) is 13.2 Å². The highest BCUT2D eigenvalue weighted by molar-refractivity contribution is 5.71. The van der Waals surface area contributed by atoms with Gasteiger partial charge in [-0.2, -0.15) is 0 Å². The summed E-state index contributed by atoms with van der Waals surface area (Å²) in [6.45, 7) is 6.53. The molecule has 0 saturated heterocycles. The van der Waals surface area contributed by atoms with E-state index >= 15 is 0 Å². The Morgan fingerprint density at radius 1 is 0.339 bits per heavy atom. The first kappa shape index (κ1) is 59.1. The number of rotatable bonds is 47. The molecule has 0 aliphatic heterocycles. The molecule has 0 aromatic carbocycles. The summed E-state index contributed by atoms with van der Waals surface area (Å²) in [7, 11) is 0. The van der Waals surface area contributed by atoms with Crippen LogP contribution in [0.4, 0.5) is 0 Å². The van der Waals surface area contributed by atoms with Crippen molar-refractivity contribution in [2.75, 3.05) is 13.2 Å². The van der Waals surface area contributed by atoms with E-state index in [-0.39, 0.29) is 31.1 Å². The molecule has 0 aromatic rings. The second-order valence-corrected chi connectivity index (χ2v) is 17.5. The van der Waals surface area contributed by atoms with Gasteiger partial charge in [-0.1, -0.05) is 204 Å². The number of allylic oxidation sites excluding steroid dienone is 10. The van der Waals surface area contributed by atoms with Crippen molar-refractivity contribution in [3.63, 3.8) is 0 Å². The van der Waals surface area contributed by atoms with Crippen LogP contribution in [0.3, 0.4) is 0 Å². The Hall–Kier alpha value is -2.89. The predicted octanol–water partition coefficient (Wildman–Crippen LogP) is 17.3. The molecule has 1 unspecified atom stereocenters. The van der Waals surface area contributed by atoms with Crippen LogP contribution in [0.1, 0.15) is 258 Å². The molecule has 6 nitrogen and oxygen atoms in total. The molecule has 0 aromatic heterocycles. The van der Waals surface area contributed by atoms with Gasteiger partial charge in [-0.15, -0.1) is 0 Å². The highest BCUT2D eigenvalue weighted by Crippen LogP contribution is 2.14. The summed E-state index contributed by atoms with van der Waals surface area (Å²) < 4.78 is 16.8. The lowest BCUT2D eigenvalue weighted by molar-refractivity contribution is -0.167. The number of esters is 3. The van der Waals surface area contributed by atoms with Crippen LogP contribution < -0.4 is 0 Å². The zero-order valence-corrected chi connectivity index (χ0v) is 40.9. The molecule has 62 heavy (non-hydrogen) atoms. The van der Waals surface area contributed by atoms with E-state index in [4.69, 9.17) is 14.2 Å². The maximum absolute atomic E-state index is 12.8. The second-order valence-electron chi connectivity index (χ2n) is 17.5. The fourth-order valence-electron chi connectivity index (χ4n) is 7.21. The fraction of sp³-hybridized carbons (Fsp3) is 0.768. The van der Waals surface area contributed by atoms with Crippen LogP contribution in [0.15, 0.2) is 60.8 Å². The number of carbonyl (C=O) groups is 3. The van der Waals surface area contributed by atoms with Gasteiger partial charge in [-0.3, -0.25) is 14.4 Å². The van der Waals surface area contributed by atoms with Gasteiger partial charge in [0, 0.05) is 19.3 Å². The SMILES string of the molecule is CCCC/C=C\C=C/CCCCCC(=O)OCC(COC(=O)CCCCCCCCC/C=C\C/C=C\CCCCC)OC(=O)CCCCCCC/C=C\CCCCCCCCC. The molecular weight excluding hydrogens is 769 g/mol. The van der Waals surface area contributed by atoms with E-state index in [0.717, 1.165) is 96.3 Å². The molecule has 0 rings (SSSR count). The predicted molar refractivity (Wildman–Crippen MR) is 265 cm³/mol. The van der Waals surface area contributed by atoms with Crippen molar-refractivity contribution < 1.29 is 28.6 Å². The van der Waals surface area contributed by atoms with E-state index in [2.05, 4.69) is 81.5 Å². The lowest BCUT2D eigenvalue weighted by Crippen LogP contribution is -2.30. The summed E-state index contributed by atoms with van der Waals surface area (Å²) in [5.74, 6) is -0.931. The highest BCUT2D eigenvalue weighted by atomic mass is 16.6. The number of ether oxygens (including phenoxy) is 3. The number of hydrogen-bond acceptors (Lipinski definition) is 6. The minimum absolute atomic E-state index is 0.0900. The molecule has 0 aliphatic carbocycles. The Labute approximate surface area is 383 Å². The van der Waals surface area contributed by atoms with Crippen LogP contribution in [0.25, 0.3) is 0 Å². The maximum atomic E-state index is 12.8. The molecule has 0 heterocycles. The van der Waals surface area contributed by atoms with Gasteiger partial charge in [0.05, 0.1) is 0 Å². The van der Waals surface area contributed by atoms with Crippen molar-refractivity contribution in [2.24, 2.45) is 0 Å². The highest BCUT2D eigenvalue weighted by Gasteiger charge is 2.19. The van der Waals surface area contributed by atoms with E-state index in [9.17, 15) is 14.4 Å². The Morgan fingerprint density at radius 3 is 1.10 bits per heavy atom. The molecular formula is C56H98O6. The molecule has 0 bridgehead atoms. The third kappa shape index (κ3) is 48.1. The molecule has 0 spiro atoms. The summed E-state index contributed by atoms with van der Waals surface area (Å²) in [6, 6.07) is 0. The zero-order chi connectivity index (χ0) is 45.1. The van der Waals surface area contributed by atoms with Crippen molar-refractivity contribution in [2.45, 2.75) is 264 Å². The summed E-state index contributed by atoms with van der Waals surface area (Å²) in [4.78, 5) is 37.9. The third-order valence-corrected chi connectivity index (χ3v) is 11.2. The fourth-order valence-corrected chi connectivity index (χ4v) is 7.21. The Balaban J connectivity index is 4.40. The van der Waals surface area contributed by atoms with E-state index in [1.165, 1.54) is 122 Å². The van der Waals surface area contributed by atoms with Crippen LogP contribution in [-0.4, -0.2) is 37.2 Å². The van der Waals surface area contributed by atoms with E-state index < -0.39 is 6.10 Å². The lowest BCUT2D eigenvalue weighted by Gasteiger charge is -2.18. The van der Waals surface area contributed by atoms with Crippen molar-refractivity contribution in [3.8, 4) is 0 Å². The first-order valence-electron chi connectivity index (χ1n) is 26.3. The Morgan fingerprint density at radius 2 is 0.645 bits per heavy atom. The summed E-state index contributed by atoms with van der Waals surface area (Å²) in [5, 5.41) is 0. The molecule has 0 radical (unpaired) electrons. The van der Waals surface area contributed by atoms with Crippen LogP contribution in [-0.2, 0) is 28.6 Å². The average Bonchev–Trinajstić information content (AvgIpc) is 3.27. The van der Waals surface area contributed by atoms with Gasteiger partial charge in [0.25, 0.3) is 0 Å². The number of unbranched alkanes of at least 4 members (excludes halogenated alkanes) is 27. The van der Waals surface area contributed by atoms with Crippen molar-refractivity contribution in [1.82, 2.24) is 0 Å². The molecule has 0 fully saturated rings. The van der Waals surface area contributed by atoms with Gasteiger partial charge in [0.15, 0.2) is 6.10 Å². The lowest BCUT2D eigenvalue weighted by atomic mass is 10.1.